The first-order valence-corrected chi connectivity index (χ1v) is 7.05. The molecule has 2 aliphatic carbocycles. The topological polar surface area (TPSA) is 64.6 Å². The van der Waals surface area contributed by atoms with Crippen molar-refractivity contribution in [1.29, 1.82) is 0 Å². The van der Waals surface area contributed by atoms with E-state index in [9.17, 15) is 9.59 Å². The molecule has 5 heteroatoms. The summed E-state index contributed by atoms with van der Waals surface area (Å²) >= 11 is 0. The van der Waals surface area contributed by atoms with E-state index in [4.69, 9.17) is 9.57 Å². The summed E-state index contributed by atoms with van der Waals surface area (Å²) in [5, 5.41) is 0. The number of carbonyl (C=O) groups is 2. The highest BCUT2D eigenvalue weighted by Crippen LogP contribution is 2.43. The van der Waals surface area contributed by atoms with Gasteiger partial charge in [0.15, 0.2) is 0 Å². The summed E-state index contributed by atoms with van der Waals surface area (Å²) in [6.45, 7) is 1.34. The minimum absolute atomic E-state index is 0.0344. The van der Waals surface area contributed by atoms with Crippen LogP contribution in [0.4, 0.5) is 5.69 Å². The second kappa shape index (κ2) is 5.60. The molecule has 0 aliphatic heterocycles. The van der Waals surface area contributed by atoms with Gasteiger partial charge in [-0.25, -0.2) is 10.3 Å². The molecule has 3 unspecified atom stereocenters. The average Bonchev–Trinajstić information content (AvgIpc) is 3.08. The van der Waals surface area contributed by atoms with Crippen molar-refractivity contribution in [3.05, 3.63) is 36.4 Å². The quantitative estimate of drug-likeness (QED) is 0.399. The van der Waals surface area contributed by atoms with Crippen molar-refractivity contribution in [3.8, 4) is 5.75 Å². The summed E-state index contributed by atoms with van der Waals surface area (Å²) in [6.07, 6.45) is 6.26. The number of carbonyl (C=O) groups excluding carboxylic acids is 2. The summed E-state index contributed by atoms with van der Waals surface area (Å²) in [5.41, 5.74) is 3.28. The molecular weight excluding hydrogens is 270 g/mol. The Kier molecular flexibility index (Phi) is 3.64. The molecule has 1 saturated carbocycles. The molecule has 1 N–H and O–H groups in total. The average molecular weight is 287 g/mol. The number of anilines is 1. The molecule has 0 spiro atoms. The first kappa shape index (κ1) is 13.7. The predicted octanol–water partition coefficient (Wildman–Crippen LogP) is 2.69. The number of allylic oxidation sites excluding steroid dienone is 2. The van der Waals surface area contributed by atoms with E-state index in [0.717, 1.165) is 12.8 Å². The highest BCUT2D eigenvalue weighted by Gasteiger charge is 2.41. The van der Waals surface area contributed by atoms with Crippen molar-refractivity contribution in [2.45, 2.75) is 19.8 Å². The van der Waals surface area contributed by atoms with Gasteiger partial charge in [0, 0.05) is 6.92 Å². The number of nitrogens with one attached hydrogen (secondary N) is 1. The normalized spacial score (nSPS) is 25.7. The van der Waals surface area contributed by atoms with Crippen LogP contribution < -0.4 is 10.2 Å². The smallest absolute Gasteiger partial charge is 0.335 e. The lowest BCUT2D eigenvalue weighted by atomic mass is 9.94. The Labute approximate surface area is 122 Å². The highest BCUT2D eigenvalue weighted by atomic mass is 16.7. The van der Waals surface area contributed by atoms with Gasteiger partial charge < -0.3 is 9.57 Å². The first-order chi connectivity index (χ1) is 10.1. The van der Waals surface area contributed by atoms with E-state index in [0.29, 0.717) is 23.3 Å². The van der Waals surface area contributed by atoms with Gasteiger partial charge in [-0.2, -0.15) is 0 Å². The number of benzene rings is 1. The highest BCUT2D eigenvalue weighted by molar-refractivity contribution is 5.75. The summed E-state index contributed by atoms with van der Waals surface area (Å²) in [6, 6.07) is 6.65. The Balaban J connectivity index is 1.52. The molecule has 0 amide bonds. The number of rotatable bonds is 4. The van der Waals surface area contributed by atoms with E-state index < -0.39 is 0 Å². The Morgan fingerprint density at radius 2 is 1.90 bits per heavy atom. The fourth-order valence-corrected chi connectivity index (χ4v) is 2.99. The third-order valence-electron chi connectivity index (χ3n) is 3.97. The molecule has 0 heterocycles. The Morgan fingerprint density at radius 1 is 1.14 bits per heavy atom. The molecule has 1 fully saturated rings. The van der Waals surface area contributed by atoms with Gasteiger partial charge in [-0.05, 0) is 48.9 Å². The minimum Gasteiger partial charge on any atom is -0.427 e. The maximum Gasteiger partial charge on any atom is 0.335 e. The second-order valence-electron chi connectivity index (χ2n) is 5.53. The van der Waals surface area contributed by atoms with Crippen LogP contribution in [0.25, 0.3) is 0 Å². The van der Waals surface area contributed by atoms with Crippen LogP contribution in [-0.4, -0.2) is 11.9 Å². The van der Waals surface area contributed by atoms with Crippen LogP contribution in [0.15, 0.2) is 36.4 Å². The van der Waals surface area contributed by atoms with Crippen LogP contribution in [0.3, 0.4) is 0 Å². The molecule has 0 saturated heterocycles. The lowest BCUT2D eigenvalue weighted by molar-refractivity contribution is -0.146. The molecule has 2 bridgehead atoms. The van der Waals surface area contributed by atoms with Gasteiger partial charge in [-0.15, -0.1) is 0 Å². The van der Waals surface area contributed by atoms with Crippen molar-refractivity contribution in [2.24, 2.45) is 17.8 Å². The molecule has 1 aromatic rings. The Morgan fingerprint density at radius 3 is 2.48 bits per heavy atom. The van der Waals surface area contributed by atoms with Crippen LogP contribution in [-0.2, 0) is 14.4 Å². The Hall–Kier alpha value is -2.30. The van der Waals surface area contributed by atoms with Crippen LogP contribution >= 0.6 is 0 Å². The lowest BCUT2D eigenvalue weighted by Gasteiger charge is -2.16. The van der Waals surface area contributed by atoms with E-state index in [1.54, 1.807) is 24.3 Å². The van der Waals surface area contributed by atoms with E-state index in [1.165, 1.54) is 6.92 Å². The molecule has 21 heavy (non-hydrogen) atoms. The van der Waals surface area contributed by atoms with Gasteiger partial charge in [-0.1, -0.05) is 12.2 Å². The summed E-state index contributed by atoms with van der Waals surface area (Å²) in [4.78, 5) is 28.0. The van der Waals surface area contributed by atoms with Crippen LogP contribution in [0.1, 0.15) is 19.8 Å². The van der Waals surface area contributed by atoms with E-state index in [1.807, 2.05) is 0 Å². The molecule has 0 radical (unpaired) electrons. The first-order valence-electron chi connectivity index (χ1n) is 7.05. The maximum atomic E-state index is 12.0. The van der Waals surface area contributed by atoms with Crippen molar-refractivity contribution in [1.82, 2.24) is 0 Å². The lowest BCUT2D eigenvalue weighted by Crippen LogP contribution is -2.23. The number of fused-ring (bicyclic) bond motifs is 2. The SMILES string of the molecule is CC(=O)Oc1ccc(NOC(=O)C2CC3C=CC2C3)cc1. The molecule has 110 valence electrons. The van der Waals surface area contributed by atoms with Crippen LogP contribution in [0, 0.1) is 17.8 Å². The summed E-state index contributed by atoms with van der Waals surface area (Å²) < 4.78 is 4.93. The molecule has 5 nitrogen and oxygen atoms in total. The van der Waals surface area contributed by atoms with Crippen molar-refractivity contribution in [3.63, 3.8) is 0 Å². The molecule has 0 aromatic heterocycles. The largest absolute Gasteiger partial charge is 0.427 e. The second-order valence-corrected chi connectivity index (χ2v) is 5.53. The Bertz CT molecular complexity index is 578. The zero-order valence-corrected chi connectivity index (χ0v) is 11.7. The fraction of sp³-hybridized carbons (Fsp3) is 0.375. The van der Waals surface area contributed by atoms with Crippen molar-refractivity contribution in [2.75, 3.05) is 5.48 Å². The van der Waals surface area contributed by atoms with Gasteiger partial charge in [0.1, 0.15) is 5.75 Å². The zero-order valence-electron chi connectivity index (χ0n) is 11.7. The number of hydrogen-bond donors (Lipinski definition) is 1. The molecule has 2 aliphatic rings. The van der Waals surface area contributed by atoms with Gasteiger partial charge in [-0.3, -0.25) is 4.79 Å². The van der Waals surface area contributed by atoms with Crippen LogP contribution in [0.2, 0.25) is 0 Å². The third kappa shape index (κ3) is 3.07. The monoisotopic (exact) mass is 287 g/mol. The minimum atomic E-state index is -0.369. The number of ether oxygens (including phenoxy) is 1. The fourth-order valence-electron chi connectivity index (χ4n) is 2.99. The number of hydrogen-bond acceptors (Lipinski definition) is 5. The summed E-state index contributed by atoms with van der Waals surface area (Å²) in [5.74, 6) is 0.707. The molecular formula is C16H17NO4. The molecule has 3 rings (SSSR count). The van der Waals surface area contributed by atoms with E-state index >= 15 is 0 Å². The maximum absolute atomic E-state index is 12.0. The van der Waals surface area contributed by atoms with Gasteiger partial charge in [0.05, 0.1) is 11.6 Å². The van der Waals surface area contributed by atoms with Gasteiger partial charge in [0.2, 0.25) is 0 Å². The summed E-state index contributed by atoms with van der Waals surface area (Å²) in [7, 11) is 0. The van der Waals surface area contributed by atoms with E-state index in [-0.39, 0.29) is 17.9 Å². The standard InChI is InChI=1S/C16H17NO4/c1-10(18)20-14-6-4-13(5-7-14)17-21-16(19)15-9-11-2-3-12(15)8-11/h2-7,11-12,15,17H,8-9H2,1H3. The zero-order chi connectivity index (χ0) is 14.8. The third-order valence-corrected chi connectivity index (χ3v) is 3.97. The van der Waals surface area contributed by atoms with Crippen LogP contribution in [0.5, 0.6) is 5.75 Å². The van der Waals surface area contributed by atoms with E-state index in [2.05, 4.69) is 17.6 Å². The predicted molar refractivity (Wildman–Crippen MR) is 76.3 cm³/mol. The van der Waals surface area contributed by atoms with Gasteiger partial charge >= 0.3 is 11.9 Å². The number of esters is 1. The van der Waals surface area contributed by atoms with Crippen molar-refractivity contribution < 1.29 is 19.2 Å². The van der Waals surface area contributed by atoms with Gasteiger partial charge in [0.25, 0.3) is 0 Å². The molecule has 3 atom stereocenters. The molecule has 1 aromatic carbocycles. The van der Waals surface area contributed by atoms with Crippen molar-refractivity contribution >= 4 is 17.6 Å².